The van der Waals surface area contributed by atoms with Gasteiger partial charge in [0.05, 0.1) is 32.5 Å². The summed E-state index contributed by atoms with van der Waals surface area (Å²) in [5.41, 5.74) is 2.75. The van der Waals surface area contributed by atoms with Crippen molar-refractivity contribution < 1.29 is 36.9 Å². The summed E-state index contributed by atoms with van der Waals surface area (Å²) in [6, 6.07) is 9.77. The molecule has 2 aliphatic rings. The second-order valence-electron chi connectivity index (χ2n) is 11.9. The largest absolute Gasteiger partial charge is 0.493 e. The van der Waals surface area contributed by atoms with Gasteiger partial charge in [0.25, 0.3) is 0 Å². The van der Waals surface area contributed by atoms with Crippen LogP contribution < -0.4 is 4.74 Å². The molecule has 1 aliphatic heterocycles. The summed E-state index contributed by atoms with van der Waals surface area (Å²) in [6.45, 7) is 8.59. The molecule has 2 atom stereocenters. The molecule has 0 amide bonds. The molecule has 1 aliphatic carbocycles. The standard InChI is InChI=1S/C34H44F3NO5/c1-5-42-31(39)21-41-16-15-40-13-9-6-10-14-43-25-19-29(35)32(30(36)20-25)33-28-18-24-11-7-8-12-26(24)27(28)17-23(2)38(33)22-34(3,4)37/h7-8,11-12,19-20,23,33H,5-6,9-10,13-18,21-22H2,1-4H3/t23-,33+/m1/s1. The van der Waals surface area contributed by atoms with Gasteiger partial charge in [-0.05, 0) is 82.1 Å². The van der Waals surface area contributed by atoms with Crippen molar-refractivity contribution in [2.45, 2.75) is 77.6 Å². The molecule has 0 bridgehead atoms. The van der Waals surface area contributed by atoms with Crippen molar-refractivity contribution in [3.63, 3.8) is 0 Å². The first-order chi connectivity index (χ1) is 20.6. The number of fused-ring (bicyclic) bond motifs is 2. The van der Waals surface area contributed by atoms with E-state index in [1.165, 1.54) is 26.0 Å². The highest BCUT2D eigenvalue weighted by Gasteiger charge is 2.43. The van der Waals surface area contributed by atoms with Gasteiger partial charge in [-0.1, -0.05) is 24.3 Å². The van der Waals surface area contributed by atoms with Gasteiger partial charge >= 0.3 is 5.97 Å². The lowest BCUT2D eigenvalue weighted by Gasteiger charge is -2.44. The number of benzene rings is 2. The zero-order valence-corrected chi connectivity index (χ0v) is 25.7. The van der Waals surface area contributed by atoms with Crippen LogP contribution in [0.5, 0.6) is 5.75 Å². The fraction of sp³-hybridized carbons (Fsp3) is 0.559. The summed E-state index contributed by atoms with van der Waals surface area (Å²) < 4.78 is 67.7. The Morgan fingerprint density at radius 3 is 2.42 bits per heavy atom. The fourth-order valence-corrected chi connectivity index (χ4v) is 6.00. The van der Waals surface area contributed by atoms with Crippen LogP contribution in [0.1, 0.15) is 76.1 Å². The summed E-state index contributed by atoms with van der Waals surface area (Å²) >= 11 is 0. The number of nitrogens with zero attached hydrogens (tertiary/aromatic N) is 1. The van der Waals surface area contributed by atoms with Gasteiger partial charge in [-0.3, -0.25) is 4.90 Å². The average molecular weight is 604 g/mol. The van der Waals surface area contributed by atoms with Crippen molar-refractivity contribution in [1.29, 1.82) is 0 Å². The van der Waals surface area contributed by atoms with Crippen LogP contribution in [0.3, 0.4) is 0 Å². The number of unbranched alkanes of at least 4 members (excludes halogenated alkanes) is 2. The average Bonchev–Trinajstić information content (AvgIpc) is 3.30. The Morgan fingerprint density at radius 1 is 1.00 bits per heavy atom. The molecule has 4 rings (SSSR count). The monoisotopic (exact) mass is 603 g/mol. The normalized spacial score (nSPS) is 18.5. The number of carbonyl (C=O) groups is 1. The van der Waals surface area contributed by atoms with Crippen molar-refractivity contribution in [1.82, 2.24) is 4.90 Å². The molecule has 9 heteroatoms. The molecule has 0 aromatic heterocycles. The van der Waals surface area contributed by atoms with E-state index < -0.39 is 29.3 Å². The fourth-order valence-electron chi connectivity index (χ4n) is 6.00. The Balaban J connectivity index is 1.33. The topological polar surface area (TPSA) is 57.2 Å². The Hall–Kier alpha value is -2.88. The lowest BCUT2D eigenvalue weighted by molar-refractivity contribution is -0.148. The first-order valence-corrected chi connectivity index (χ1v) is 15.3. The number of hydrogen-bond acceptors (Lipinski definition) is 6. The van der Waals surface area contributed by atoms with Crippen LogP contribution in [0.15, 0.2) is 42.0 Å². The van der Waals surface area contributed by atoms with E-state index in [0.717, 1.165) is 35.1 Å². The Labute approximate surface area is 253 Å². The van der Waals surface area contributed by atoms with Crippen molar-refractivity contribution in [2.75, 3.05) is 46.2 Å². The van der Waals surface area contributed by atoms with Crippen LogP contribution in [0, 0.1) is 11.6 Å². The molecule has 6 nitrogen and oxygen atoms in total. The molecule has 0 spiro atoms. The molecule has 0 saturated carbocycles. The van der Waals surface area contributed by atoms with Crippen LogP contribution in [0.2, 0.25) is 0 Å². The van der Waals surface area contributed by atoms with Crippen molar-refractivity contribution in [3.05, 3.63) is 70.3 Å². The van der Waals surface area contributed by atoms with E-state index in [9.17, 15) is 9.18 Å². The first kappa shape index (κ1) is 33.0. The maximum absolute atomic E-state index is 15.8. The lowest BCUT2D eigenvalue weighted by Crippen LogP contribution is -2.47. The zero-order chi connectivity index (χ0) is 31.0. The first-order valence-electron chi connectivity index (χ1n) is 15.3. The summed E-state index contributed by atoms with van der Waals surface area (Å²) in [7, 11) is 0. The second-order valence-corrected chi connectivity index (χ2v) is 11.9. The van der Waals surface area contributed by atoms with E-state index in [1.807, 2.05) is 24.0 Å². The van der Waals surface area contributed by atoms with Crippen molar-refractivity contribution >= 4 is 11.5 Å². The molecule has 0 radical (unpaired) electrons. The smallest absolute Gasteiger partial charge is 0.332 e. The highest BCUT2D eigenvalue weighted by atomic mass is 19.1. The number of halogens is 3. The van der Waals surface area contributed by atoms with E-state index in [-0.39, 0.29) is 30.5 Å². The molecule has 236 valence electrons. The molecular formula is C34H44F3NO5. The Bertz CT molecular complexity index is 1250. The van der Waals surface area contributed by atoms with E-state index >= 15 is 8.78 Å². The highest BCUT2D eigenvalue weighted by Crippen LogP contribution is 2.50. The second kappa shape index (κ2) is 15.2. The van der Waals surface area contributed by atoms with Crippen LogP contribution in [0.25, 0.3) is 5.57 Å². The van der Waals surface area contributed by atoms with E-state index in [4.69, 9.17) is 18.9 Å². The zero-order valence-electron chi connectivity index (χ0n) is 25.7. The number of hydrogen-bond donors (Lipinski definition) is 0. The maximum Gasteiger partial charge on any atom is 0.332 e. The lowest BCUT2D eigenvalue weighted by atomic mass is 9.84. The van der Waals surface area contributed by atoms with Gasteiger partial charge in [0.2, 0.25) is 0 Å². The number of alkyl halides is 1. The summed E-state index contributed by atoms with van der Waals surface area (Å²) in [6.07, 6.45) is 3.61. The maximum atomic E-state index is 15.8. The van der Waals surface area contributed by atoms with Gasteiger partial charge in [-0.15, -0.1) is 0 Å². The SMILES string of the molecule is CCOC(=O)COCCOCCCCCOc1cc(F)c([C@@H]2C3=C(C[C@@H](C)N2CC(C)(C)F)c2ccccc2C3)c(F)c1. The predicted octanol–water partition coefficient (Wildman–Crippen LogP) is 7.00. The molecule has 0 saturated heterocycles. The molecule has 0 fully saturated rings. The van der Waals surface area contributed by atoms with Gasteiger partial charge in [0.15, 0.2) is 0 Å². The molecule has 0 N–H and O–H groups in total. The van der Waals surface area contributed by atoms with Crippen molar-refractivity contribution in [2.24, 2.45) is 0 Å². The molecule has 1 heterocycles. The molecule has 0 unspecified atom stereocenters. The van der Waals surface area contributed by atoms with Gasteiger partial charge in [-0.2, -0.15) is 0 Å². The van der Waals surface area contributed by atoms with E-state index in [1.54, 1.807) is 6.92 Å². The summed E-state index contributed by atoms with van der Waals surface area (Å²) in [5.74, 6) is -1.62. The Kier molecular flexibility index (Phi) is 11.7. The van der Waals surface area contributed by atoms with Crippen LogP contribution in [-0.4, -0.2) is 68.8 Å². The summed E-state index contributed by atoms with van der Waals surface area (Å²) in [5, 5.41) is 0. The van der Waals surface area contributed by atoms with Gasteiger partial charge in [0, 0.05) is 36.9 Å². The minimum atomic E-state index is -1.53. The third-order valence-electron chi connectivity index (χ3n) is 7.82. The quantitative estimate of drug-likeness (QED) is 0.152. The minimum Gasteiger partial charge on any atom is -0.493 e. The van der Waals surface area contributed by atoms with E-state index in [0.29, 0.717) is 52.3 Å². The third-order valence-corrected chi connectivity index (χ3v) is 7.82. The molecule has 2 aromatic carbocycles. The molecule has 2 aromatic rings. The van der Waals surface area contributed by atoms with Crippen LogP contribution in [0.4, 0.5) is 13.2 Å². The van der Waals surface area contributed by atoms with E-state index in [2.05, 4.69) is 12.1 Å². The number of ether oxygens (including phenoxy) is 4. The van der Waals surface area contributed by atoms with Gasteiger partial charge < -0.3 is 18.9 Å². The highest BCUT2D eigenvalue weighted by molar-refractivity contribution is 5.79. The van der Waals surface area contributed by atoms with Gasteiger partial charge in [-0.25, -0.2) is 18.0 Å². The van der Waals surface area contributed by atoms with Crippen LogP contribution >= 0.6 is 0 Å². The third kappa shape index (κ3) is 8.83. The predicted molar refractivity (Wildman–Crippen MR) is 160 cm³/mol. The number of rotatable bonds is 16. The minimum absolute atomic E-state index is 0.0492. The van der Waals surface area contributed by atoms with Gasteiger partial charge in [0.1, 0.15) is 29.7 Å². The van der Waals surface area contributed by atoms with Crippen LogP contribution in [-0.2, 0) is 25.4 Å². The Morgan fingerprint density at radius 2 is 1.70 bits per heavy atom. The number of carbonyl (C=O) groups excluding carboxylic acids is 1. The number of esters is 1. The van der Waals surface area contributed by atoms with Crippen molar-refractivity contribution in [3.8, 4) is 5.75 Å². The molecule has 43 heavy (non-hydrogen) atoms. The molecular weight excluding hydrogens is 559 g/mol. The summed E-state index contributed by atoms with van der Waals surface area (Å²) in [4.78, 5) is 13.1.